The maximum atomic E-state index is 12.5. The maximum absolute atomic E-state index is 12.5. The number of nitrogens with zero attached hydrogens (tertiary/aromatic N) is 2. The Kier molecular flexibility index (Phi) is 4.35. The minimum Gasteiger partial charge on any atom is -0.337 e. The van der Waals surface area contributed by atoms with Crippen molar-refractivity contribution in [2.24, 2.45) is 5.92 Å². The van der Waals surface area contributed by atoms with Crippen LogP contribution in [0.2, 0.25) is 0 Å². The zero-order valence-electron chi connectivity index (χ0n) is 12.2. The van der Waals surface area contributed by atoms with Gasteiger partial charge in [0.05, 0.1) is 4.92 Å². The Hall–Kier alpha value is -2.24. The SMILES string of the molecule is CCC1CN(C(=O)c2cc(C)cc([N+](=O)[O-])c2)CCC1=O. The van der Waals surface area contributed by atoms with E-state index in [0.717, 1.165) is 0 Å². The third kappa shape index (κ3) is 3.26. The molecule has 0 aliphatic carbocycles. The van der Waals surface area contributed by atoms with Crippen molar-refractivity contribution in [2.75, 3.05) is 13.1 Å². The highest BCUT2D eigenvalue weighted by atomic mass is 16.6. The van der Waals surface area contributed by atoms with Crippen molar-refractivity contribution in [3.8, 4) is 0 Å². The number of nitro groups is 1. The molecule has 6 heteroatoms. The first-order chi connectivity index (χ1) is 9.92. The fraction of sp³-hybridized carbons (Fsp3) is 0.467. The summed E-state index contributed by atoms with van der Waals surface area (Å²) in [5.41, 5.74) is 0.900. The van der Waals surface area contributed by atoms with Crippen LogP contribution in [-0.2, 0) is 4.79 Å². The van der Waals surface area contributed by atoms with Gasteiger partial charge in [0.1, 0.15) is 5.78 Å². The molecule has 21 heavy (non-hydrogen) atoms. The van der Waals surface area contributed by atoms with Gasteiger partial charge >= 0.3 is 0 Å². The quantitative estimate of drug-likeness (QED) is 0.632. The molecule has 1 aliphatic rings. The number of hydrogen-bond acceptors (Lipinski definition) is 4. The highest BCUT2D eigenvalue weighted by molar-refractivity contribution is 5.96. The number of ketones is 1. The number of non-ortho nitro benzene ring substituents is 1. The molecule has 1 aliphatic heterocycles. The van der Waals surface area contributed by atoms with Gasteiger partial charge in [0.25, 0.3) is 11.6 Å². The zero-order valence-corrected chi connectivity index (χ0v) is 12.2. The van der Waals surface area contributed by atoms with Crippen LogP contribution in [0.3, 0.4) is 0 Å². The van der Waals surface area contributed by atoms with Crippen LogP contribution < -0.4 is 0 Å². The number of aryl methyl sites for hydroxylation is 1. The topological polar surface area (TPSA) is 80.5 Å². The minimum absolute atomic E-state index is 0.0847. The van der Waals surface area contributed by atoms with Gasteiger partial charge in [-0.25, -0.2) is 0 Å². The van der Waals surface area contributed by atoms with Crippen molar-refractivity contribution in [1.82, 2.24) is 4.90 Å². The molecule has 1 amide bonds. The lowest BCUT2D eigenvalue weighted by molar-refractivity contribution is -0.384. The number of rotatable bonds is 3. The molecule has 0 spiro atoms. The van der Waals surface area contributed by atoms with Crippen LogP contribution >= 0.6 is 0 Å². The zero-order chi connectivity index (χ0) is 15.6. The fourth-order valence-electron chi connectivity index (χ4n) is 2.62. The van der Waals surface area contributed by atoms with E-state index in [0.29, 0.717) is 37.1 Å². The highest BCUT2D eigenvalue weighted by Gasteiger charge is 2.29. The lowest BCUT2D eigenvalue weighted by Gasteiger charge is -2.31. The number of likely N-dealkylation sites (tertiary alicyclic amines) is 1. The van der Waals surface area contributed by atoms with Crippen LogP contribution in [-0.4, -0.2) is 34.6 Å². The number of piperidine rings is 1. The smallest absolute Gasteiger partial charge is 0.270 e. The molecule has 1 aromatic carbocycles. The Morgan fingerprint density at radius 2 is 2.14 bits per heavy atom. The standard InChI is InChI=1S/C15H18N2O4/c1-3-11-9-16(5-4-14(11)18)15(19)12-6-10(2)7-13(8-12)17(20)21/h6-8,11H,3-5,9H2,1-2H3. The minimum atomic E-state index is -0.502. The van der Waals surface area contributed by atoms with Gasteiger partial charge < -0.3 is 4.90 Å². The summed E-state index contributed by atoms with van der Waals surface area (Å²) in [6.45, 7) is 4.43. The Morgan fingerprint density at radius 1 is 1.43 bits per heavy atom. The van der Waals surface area contributed by atoms with Crippen LogP contribution in [0.5, 0.6) is 0 Å². The van der Waals surface area contributed by atoms with Gasteiger partial charge in [-0.15, -0.1) is 0 Å². The van der Waals surface area contributed by atoms with E-state index in [1.807, 2.05) is 6.92 Å². The molecule has 0 radical (unpaired) electrons. The van der Waals surface area contributed by atoms with Crippen LogP contribution in [0.15, 0.2) is 18.2 Å². The molecule has 1 aromatic rings. The van der Waals surface area contributed by atoms with Gasteiger partial charge in [-0.05, 0) is 25.0 Å². The number of nitro benzene ring substituents is 1. The van der Waals surface area contributed by atoms with Gasteiger partial charge in [0, 0.05) is 43.1 Å². The first-order valence-corrected chi connectivity index (χ1v) is 7.00. The number of amides is 1. The molecule has 0 aromatic heterocycles. The summed E-state index contributed by atoms with van der Waals surface area (Å²) in [6.07, 6.45) is 1.06. The average Bonchev–Trinajstić information content (AvgIpc) is 2.46. The van der Waals surface area contributed by atoms with Crippen molar-refractivity contribution in [3.05, 3.63) is 39.4 Å². The van der Waals surface area contributed by atoms with Crippen molar-refractivity contribution in [2.45, 2.75) is 26.7 Å². The lowest BCUT2D eigenvalue weighted by Crippen LogP contribution is -2.43. The fourth-order valence-corrected chi connectivity index (χ4v) is 2.62. The average molecular weight is 290 g/mol. The predicted molar refractivity (Wildman–Crippen MR) is 77.1 cm³/mol. The second-order valence-corrected chi connectivity index (χ2v) is 5.39. The summed E-state index contributed by atoms with van der Waals surface area (Å²) in [7, 11) is 0. The number of benzene rings is 1. The van der Waals surface area contributed by atoms with Gasteiger partial charge in [0.15, 0.2) is 0 Å². The maximum Gasteiger partial charge on any atom is 0.270 e. The second-order valence-electron chi connectivity index (χ2n) is 5.39. The van der Waals surface area contributed by atoms with E-state index in [2.05, 4.69) is 0 Å². The van der Waals surface area contributed by atoms with E-state index in [-0.39, 0.29) is 23.3 Å². The Bertz CT molecular complexity index is 597. The number of carbonyl (C=O) groups excluding carboxylic acids is 2. The van der Waals surface area contributed by atoms with Gasteiger partial charge in [-0.3, -0.25) is 19.7 Å². The van der Waals surface area contributed by atoms with Gasteiger partial charge in [-0.1, -0.05) is 6.92 Å². The summed E-state index contributed by atoms with van der Waals surface area (Å²) in [6, 6.07) is 4.38. The van der Waals surface area contributed by atoms with E-state index in [4.69, 9.17) is 0 Å². The number of Topliss-reactive ketones (excluding diaryl/α,β-unsaturated/α-hetero) is 1. The lowest BCUT2D eigenvalue weighted by atomic mass is 9.93. The molecule has 1 heterocycles. The van der Waals surface area contributed by atoms with E-state index in [1.54, 1.807) is 17.9 Å². The molecule has 1 unspecified atom stereocenters. The Balaban J connectivity index is 2.24. The van der Waals surface area contributed by atoms with Crippen LogP contribution in [0.1, 0.15) is 35.7 Å². The van der Waals surface area contributed by atoms with E-state index in [9.17, 15) is 19.7 Å². The Labute approximate surface area is 122 Å². The largest absolute Gasteiger partial charge is 0.337 e. The third-order valence-electron chi connectivity index (χ3n) is 3.82. The molecule has 6 nitrogen and oxygen atoms in total. The van der Waals surface area contributed by atoms with Crippen molar-refractivity contribution < 1.29 is 14.5 Å². The monoisotopic (exact) mass is 290 g/mol. The summed E-state index contributed by atoms with van der Waals surface area (Å²) in [5, 5.41) is 10.9. The Morgan fingerprint density at radius 3 is 2.76 bits per heavy atom. The summed E-state index contributed by atoms with van der Waals surface area (Å²) in [5.74, 6) is -0.174. The molecule has 2 rings (SSSR count). The van der Waals surface area contributed by atoms with E-state index >= 15 is 0 Å². The van der Waals surface area contributed by atoms with Crippen LogP contribution in [0.25, 0.3) is 0 Å². The van der Waals surface area contributed by atoms with Crippen molar-refractivity contribution in [3.63, 3.8) is 0 Å². The van der Waals surface area contributed by atoms with Crippen LogP contribution in [0.4, 0.5) is 5.69 Å². The van der Waals surface area contributed by atoms with Gasteiger partial charge in [0.2, 0.25) is 0 Å². The molecule has 0 N–H and O–H groups in total. The van der Waals surface area contributed by atoms with E-state index in [1.165, 1.54) is 12.1 Å². The van der Waals surface area contributed by atoms with Crippen LogP contribution in [0, 0.1) is 23.0 Å². The molecule has 1 fully saturated rings. The van der Waals surface area contributed by atoms with Crippen molar-refractivity contribution >= 4 is 17.4 Å². The first-order valence-electron chi connectivity index (χ1n) is 7.00. The molecule has 112 valence electrons. The molecule has 1 saturated heterocycles. The molecule has 0 bridgehead atoms. The number of hydrogen-bond donors (Lipinski definition) is 0. The van der Waals surface area contributed by atoms with Gasteiger partial charge in [-0.2, -0.15) is 0 Å². The summed E-state index contributed by atoms with van der Waals surface area (Å²) < 4.78 is 0. The summed E-state index contributed by atoms with van der Waals surface area (Å²) >= 11 is 0. The van der Waals surface area contributed by atoms with E-state index < -0.39 is 4.92 Å². The number of carbonyl (C=O) groups is 2. The normalized spacial score (nSPS) is 18.7. The summed E-state index contributed by atoms with van der Waals surface area (Å²) in [4.78, 5) is 36.2. The molecular formula is C15H18N2O4. The molecule has 0 saturated carbocycles. The highest BCUT2D eigenvalue weighted by Crippen LogP contribution is 2.21. The van der Waals surface area contributed by atoms with Crippen molar-refractivity contribution in [1.29, 1.82) is 0 Å². The first kappa shape index (κ1) is 15.2. The third-order valence-corrected chi connectivity index (χ3v) is 3.82. The second kappa shape index (κ2) is 6.03. The molecular weight excluding hydrogens is 272 g/mol. The molecule has 1 atom stereocenters. The predicted octanol–water partition coefficient (Wildman–Crippen LogP) is 2.34.